The van der Waals surface area contributed by atoms with Gasteiger partial charge in [0.05, 0.1) is 12.3 Å². The Hall–Kier alpha value is -2.66. The quantitative estimate of drug-likeness (QED) is 0.366. The van der Waals surface area contributed by atoms with Crippen molar-refractivity contribution in [3.8, 4) is 0 Å². The van der Waals surface area contributed by atoms with Crippen molar-refractivity contribution in [2.24, 2.45) is 10.2 Å². The van der Waals surface area contributed by atoms with Crippen LogP contribution in [0.25, 0.3) is 5.76 Å². The second-order valence-electron chi connectivity index (χ2n) is 4.46. The molecule has 0 bridgehead atoms. The van der Waals surface area contributed by atoms with Gasteiger partial charge in [0.1, 0.15) is 0 Å². The van der Waals surface area contributed by atoms with E-state index in [1.54, 1.807) is 55.5 Å². The van der Waals surface area contributed by atoms with E-state index in [-0.39, 0.29) is 18.1 Å². The summed E-state index contributed by atoms with van der Waals surface area (Å²) in [7, 11) is 0. The summed E-state index contributed by atoms with van der Waals surface area (Å²) in [5, 5.41) is 18.7. The van der Waals surface area contributed by atoms with E-state index in [0.29, 0.717) is 16.3 Å². The SMILES string of the molecule is CCOC(=O)/C(N=Nc1ccccc1)=C(/O)c1ccc(Cl)cc1. The number of esters is 1. The van der Waals surface area contributed by atoms with Crippen molar-refractivity contribution in [3.63, 3.8) is 0 Å². The van der Waals surface area contributed by atoms with E-state index >= 15 is 0 Å². The van der Waals surface area contributed by atoms with Gasteiger partial charge in [0.25, 0.3) is 0 Å². The van der Waals surface area contributed by atoms with Gasteiger partial charge in [0.15, 0.2) is 5.76 Å². The maximum Gasteiger partial charge on any atom is 0.362 e. The van der Waals surface area contributed by atoms with E-state index in [9.17, 15) is 9.90 Å². The third-order valence-electron chi connectivity index (χ3n) is 2.83. The lowest BCUT2D eigenvalue weighted by atomic mass is 10.1. The molecule has 0 aromatic heterocycles. The lowest BCUT2D eigenvalue weighted by Gasteiger charge is -2.06. The predicted octanol–water partition coefficient (Wildman–Crippen LogP) is 4.91. The van der Waals surface area contributed by atoms with Crippen LogP contribution >= 0.6 is 11.6 Å². The molecule has 0 spiro atoms. The second-order valence-corrected chi connectivity index (χ2v) is 4.90. The fourth-order valence-electron chi connectivity index (χ4n) is 1.73. The Morgan fingerprint density at radius 1 is 1.13 bits per heavy atom. The molecule has 0 aliphatic carbocycles. The zero-order chi connectivity index (χ0) is 16.7. The van der Waals surface area contributed by atoms with Crippen LogP contribution in [0.1, 0.15) is 12.5 Å². The first kappa shape index (κ1) is 16.7. The Labute approximate surface area is 138 Å². The van der Waals surface area contributed by atoms with Gasteiger partial charge in [-0.15, -0.1) is 5.11 Å². The average molecular weight is 331 g/mol. The van der Waals surface area contributed by atoms with E-state index in [1.807, 2.05) is 6.07 Å². The molecule has 0 saturated carbocycles. The number of carbonyl (C=O) groups is 1. The Bertz CT molecular complexity index is 725. The van der Waals surface area contributed by atoms with Crippen molar-refractivity contribution in [1.82, 2.24) is 0 Å². The molecule has 1 N–H and O–H groups in total. The third-order valence-corrected chi connectivity index (χ3v) is 3.08. The molecule has 0 fully saturated rings. The molecule has 0 unspecified atom stereocenters. The molecular weight excluding hydrogens is 316 g/mol. The van der Waals surface area contributed by atoms with Crippen molar-refractivity contribution in [3.05, 3.63) is 70.9 Å². The van der Waals surface area contributed by atoms with Gasteiger partial charge in [-0.1, -0.05) is 29.8 Å². The maximum atomic E-state index is 12.0. The van der Waals surface area contributed by atoms with Gasteiger partial charge in [-0.3, -0.25) is 0 Å². The third kappa shape index (κ3) is 4.66. The largest absolute Gasteiger partial charge is 0.505 e. The summed E-state index contributed by atoms with van der Waals surface area (Å²) in [6.07, 6.45) is 0. The predicted molar refractivity (Wildman–Crippen MR) is 88.6 cm³/mol. The standard InChI is InChI=1S/C17H15ClN2O3/c1-2-23-17(22)15(20-19-14-6-4-3-5-7-14)16(21)12-8-10-13(18)11-9-12/h3-11,21H,2H2,1H3/b16-15-,20-19?. The Kier molecular flexibility index (Phi) is 5.88. The number of ether oxygens (including phenoxy) is 1. The first-order valence-corrected chi connectivity index (χ1v) is 7.32. The number of hydrogen-bond donors (Lipinski definition) is 1. The first-order valence-electron chi connectivity index (χ1n) is 6.95. The zero-order valence-electron chi connectivity index (χ0n) is 12.4. The van der Waals surface area contributed by atoms with Crippen molar-refractivity contribution in [2.45, 2.75) is 6.92 Å². The molecule has 0 heterocycles. The number of aliphatic hydroxyl groups is 1. The molecule has 0 aliphatic rings. The molecule has 0 aliphatic heterocycles. The summed E-state index contributed by atoms with van der Waals surface area (Å²) in [5.41, 5.74) is 0.681. The molecule has 0 radical (unpaired) electrons. The van der Waals surface area contributed by atoms with Crippen molar-refractivity contribution >= 4 is 29.0 Å². The number of azo groups is 1. The van der Waals surface area contributed by atoms with Gasteiger partial charge < -0.3 is 9.84 Å². The summed E-state index contributed by atoms with van der Waals surface area (Å²) >= 11 is 5.82. The van der Waals surface area contributed by atoms with Gasteiger partial charge in [-0.25, -0.2) is 4.79 Å². The fraction of sp³-hybridized carbons (Fsp3) is 0.118. The van der Waals surface area contributed by atoms with Crippen molar-refractivity contribution < 1.29 is 14.6 Å². The first-order chi connectivity index (χ1) is 11.1. The normalized spacial score (nSPS) is 12.1. The van der Waals surface area contributed by atoms with Crippen LogP contribution in [-0.4, -0.2) is 17.7 Å². The Morgan fingerprint density at radius 2 is 1.78 bits per heavy atom. The molecule has 6 heteroatoms. The number of benzene rings is 2. The smallest absolute Gasteiger partial charge is 0.362 e. The lowest BCUT2D eigenvalue weighted by Crippen LogP contribution is -2.08. The van der Waals surface area contributed by atoms with Crippen LogP contribution in [0.3, 0.4) is 0 Å². The van der Waals surface area contributed by atoms with Gasteiger partial charge in [0, 0.05) is 10.6 Å². The highest BCUT2D eigenvalue weighted by Crippen LogP contribution is 2.22. The molecule has 2 rings (SSSR count). The van der Waals surface area contributed by atoms with Crippen LogP contribution in [-0.2, 0) is 9.53 Å². The van der Waals surface area contributed by atoms with Gasteiger partial charge >= 0.3 is 5.97 Å². The molecule has 5 nitrogen and oxygen atoms in total. The van der Waals surface area contributed by atoms with E-state index in [1.165, 1.54) is 0 Å². The van der Waals surface area contributed by atoms with Crippen LogP contribution in [0, 0.1) is 0 Å². The summed E-state index contributed by atoms with van der Waals surface area (Å²) in [4.78, 5) is 12.0. The van der Waals surface area contributed by atoms with Crippen LogP contribution < -0.4 is 0 Å². The average Bonchev–Trinajstić information content (AvgIpc) is 2.56. The van der Waals surface area contributed by atoms with Gasteiger partial charge in [-0.05, 0) is 43.3 Å². The molecule has 0 amide bonds. The van der Waals surface area contributed by atoms with Crippen molar-refractivity contribution in [2.75, 3.05) is 6.61 Å². The van der Waals surface area contributed by atoms with Crippen LogP contribution in [0.4, 0.5) is 5.69 Å². The number of aliphatic hydroxyl groups excluding tert-OH is 1. The molecule has 23 heavy (non-hydrogen) atoms. The minimum atomic E-state index is -0.750. The highest BCUT2D eigenvalue weighted by molar-refractivity contribution is 6.30. The van der Waals surface area contributed by atoms with Gasteiger partial charge in [-0.2, -0.15) is 5.11 Å². The minimum absolute atomic E-state index is 0.164. The number of halogens is 1. The highest BCUT2D eigenvalue weighted by atomic mass is 35.5. The van der Waals surface area contributed by atoms with E-state index in [2.05, 4.69) is 10.2 Å². The van der Waals surface area contributed by atoms with Crippen molar-refractivity contribution in [1.29, 1.82) is 0 Å². The van der Waals surface area contributed by atoms with Crippen LogP contribution in [0.2, 0.25) is 5.02 Å². The molecule has 0 atom stereocenters. The number of rotatable bonds is 5. The number of nitrogens with zero attached hydrogens (tertiary/aromatic N) is 2. The molecule has 2 aromatic rings. The summed E-state index contributed by atoms with van der Waals surface area (Å²) < 4.78 is 4.92. The maximum absolute atomic E-state index is 12.0. The van der Waals surface area contributed by atoms with E-state index < -0.39 is 5.97 Å². The van der Waals surface area contributed by atoms with Crippen LogP contribution in [0.5, 0.6) is 0 Å². The molecule has 0 saturated heterocycles. The summed E-state index contributed by atoms with van der Waals surface area (Å²) in [6.45, 7) is 1.83. The topological polar surface area (TPSA) is 71.2 Å². The monoisotopic (exact) mass is 330 g/mol. The van der Waals surface area contributed by atoms with Crippen LogP contribution in [0.15, 0.2) is 70.5 Å². The zero-order valence-corrected chi connectivity index (χ0v) is 13.2. The number of hydrogen-bond acceptors (Lipinski definition) is 5. The fourth-order valence-corrected chi connectivity index (χ4v) is 1.86. The van der Waals surface area contributed by atoms with Gasteiger partial charge in [0.2, 0.25) is 5.70 Å². The van der Waals surface area contributed by atoms with E-state index in [0.717, 1.165) is 0 Å². The summed E-state index contributed by atoms with van der Waals surface area (Å²) in [5.74, 6) is -1.07. The molecule has 2 aromatic carbocycles. The van der Waals surface area contributed by atoms with E-state index in [4.69, 9.17) is 16.3 Å². The molecular formula is C17H15ClN2O3. The highest BCUT2D eigenvalue weighted by Gasteiger charge is 2.18. The minimum Gasteiger partial charge on any atom is -0.505 e. The summed E-state index contributed by atoms with van der Waals surface area (Å²) in [6, 6.07) is 15.2. The second kappa shape index (κ2) is 8.10. The molecule has 118 valence electrons. The Morgan fingerprint density at radius 3 is 2.39 bits per heavy atom. The lowest BCUT2D eigenvalue weighted by molar-refractivity contribution is -0.138. The Balaban J connectivity index is 2.40. The number of carbonyl (C=O) groups excluding carboxylic acids is 1.